The van der Waals surface area contributed by atoms with E-state index >= 15 is 0 Å². The van der Waals surface area contributed by atoms with Crippen LogP contribution in [0.15, 0.2) is 48.6 Å². The fourth-order valence-corrected chi connectivity index (χ4v) is 5.27. The molecule has 41 heavy (non-hydrogen) atoms. The van der Waals surface area contributed by atoms with Crippen LogP contribution in [0.3, 0.4) is 0 Å². The lowest BCUT2D eigenvalue weighted by Crippen LogP contribution is -2.23. The lowest BCUT2D eigenvalue weighted by Gasteiger charge is -2.21. The van der Waals surface area contributed by atoms with Crippen molar-refractivity contribution in [2.45, 2.75) is 187 Å². The molecule has 0 saturated heterocycles. The molecule has 0 N–H and O–H groups in total. The maximum Gasteiger partial charge on any atom is 0.0793 e. The number of allylic oxidation sites excluding steroid dienone is 8. The zero-order valence-corrected chi connectivity index (χ0v) is 28.4. The first-order valence-corrected chi connectivity index (χ1v) is 18.1. The van der Waals surface area contributed by atoms with Gasteiger partial charge in [-0.2, -0.15) is 5.06 Å². The third kappa shape index (κ3) is 35.0. The van der Waals surface area contributed by atoms with Gasteiger partial charge in [-0.15, -0.1) is 0 Å². The van der Waals surface area contributed by atoms with Gasteiger partial charge in [-0.25, -0.2) is 0 Å². The Hall–Kier alpha value is -1.12. The van der Waals surface area contributed by atoms with Gasteiger partial charge in [0.05, 0.1) is 6.10 Å². The first-order valence-electron chi connectivity index (χ1n) is 18.1. The third-order valence-corrected chi connectivity index (χ3v) is 7.81. The molecular formula is C39H73NO. The number of hydrogen-bond acceptors (Lipinski definition) is 2. The monoisotopic (exact) mass is 572 g/mol. The van der Waals surface area contributed by atoms with E-state index in [2.05, 4.69) is 62.5 Å². The van der Waals surface area contributed by atoms with E-state index in [1.165, 1.54) is 154 Å². The molecule has 0 amide bonds. The highest BCUT2D eigenvalue weighted by Crippen LogP contribution is 2.18. The Morgan fingerprint density at radius 2 is 0.732 bits per heavy atom. The maximum atomic E-state index is 6.11. The van der Waals surface area contributed by atoms with Gasteiger partial charge in [0.2, 0.25) is 0 Å². The Balaban J connectivity index is 3.62. The van der Waals surface area contributed by atoms with Gasteiger partial charge in [0, 0.05) is 14.1 Å². The maximum absolute atomic E-state index is 6.11. The smallest absolute Gasteiger partial charge is 0.0793 e. The standard InChI is InChI=1S/C39H73NO/c1-5-7-9-11-13-15-17-19-21-23-25-27-29-31-33-35-37-39(41-40(3)4)38-36-34-32-30-28-26-24-22-20-18-16-14-12-10-8-6-2/h13-16,19-22,39H,5-12,17-18,23-38H2,1-4H3/b15-13-,16-14-,21-19-,22-20-. The van der Waals surface area contributed by atoms with Crippen LogP contribution in [0.2, 0.25) is 0 Å². The molecule has 0 radical (unpaired) electrons. The summed E-state index contributed by atoms with van der Waals surface area (Å²) in [5.41, 5.74) is 0. The van der Waals surface area contributed by atoms with Gasteiger partial charge in [-0.3, -0.25) is 4.84 Å². The number of rotatable bonds is 32. The normalized spacial score (nSPS) is 12.6. The van der Waals surface area contributed by atoms with Crippen molar-refractivity contribution in [3.63, 3.8) is 0 Å². The zero-order chi connectivity index (χ0) is 29.9. The summed E-state index contributed by atoms with van der Waals surface area (Å²) in [4.78, 5) is 6.11. The highest BCUT2D eigenvalue weighted by Gasteiger charge is 2.10. The summed E-state index contributed by atoms with van der Waals surface area (Å²) in [6, 6.07) is 0. The van der Waals surface area contributed by atoms with Crippen LogP contribution in [0.1, 0.15) is 181 Å². The van der Waals surface area contributed by atoms with E-state index in [0.29, 0.717) is 6.10 Å². The summed E-state index contributed by atoms with van der Waals surface area (Å²) < 4.78 is 0. The van der Waals surface area contributed by atoms with Crippen LogP contribution in [0.5, 0.6) is 0 Å². The highest BCUT2D eigenvalue weighted by atomic mass is 16.7. The molecule has 0 spiro atoms. The average Bonchev–Trinajstić information content (AvgIpc) is 2.96. The second-order valence-corrected chi connectivity index (χ2v) is 12.3. The summed E-state index contributed by atoms with van der Waals surface area (Å²) in [6.45, 7) is 4.54. The van der Waals surface area contributed by atoms with Crippen LogP contribution in [0, 0.1) is 0 Å². The minimum Gasteiger partial charge on any atom is -0.296 e. The van der Waals surface area contributed by atoms with Crippen molar-refractivity contribution in [1.82, 2.24) is 5.06 Å². The van der Waals surface area contributed by atoms with Gasteiger partial charge in [-0.1, -0.05) is 152 Å². The molecule has 0 heterocycles. The minimum atomic E-state index is 0.404. The second-order valence-electron chi connectivity index (χ2n) is 12.3. The summed E-state index contributed by atoms with van der Waals surface area (Å²) in [5, 5.41) is 1.91. The summed E-state index contributed by atoms with van der Waals surface area (Å²) >= 11 is 0. The molecule has 0 aliphatic rings. The van der Waals surface area contributed by atoms with Crippen molar-refractivity contribution in [2.75, 3.05) is 14.1 Å². The molecule has 0 unspecified atom stereocenters. The van der Waals surface area contributed by atoms with Crippen molar-refractivity contribution in [3.8, 4) is 0 Å². The minimum absolute atomic E-state index is 0.404. The van der Waals surface area contributed by atoms with E-state index in [9.17, 15) is 0 Å². The average molecular weight is 572 g/mol. The van der Waals surface area contributed by atoms with Crippen molar-refractivity contribution in [3.05, 3.63) is 48.6 Å². The Bertz CT molecular complexity index is 555. The van der Waals surface area contributed by atoms with Crippen LogP contribution in [0.25, 0.3) is 0 Å². The fraction of sp³-hybridized carbons (Fsp3) is 0.795. The number of unbranched alkanes of at least 4 members (excludes halogenated alkanes) is 18. The first kappa shape index (κ1) is 39.9. The second kappa shape index (κ2) is 35.1. The predicted molar refractivity (Wildman–Crippen MR) is 187 cm³/mol. The lowest BCUT2D eigenvalue weighted by atomic mass is 10.0. The number of nitrogens with zero attached hydrogens (tertiary/aromatic N) is 1. The van der Waals surface area contributed by atoms with Crippen LogP contribution < -0.4 is 0 Å². The molecule has 0 aromatic rings. The molecule has 0 aliphatic heterocycles. The number of hydroxylamine groups is 2. The van der Waals surface area contributed by atoms with E-state index in [-0.39, 0.29) is 0 Å². The van der Waals surface area contributed by atoms with Crippen LogP contribution in [-0.2, 0) is 4.84 Å². The van der Waals surface area contributed by atoms with Crippen LogP contribution in [0.4, 0.5) is 0 Å². The summed E-state index contributed by atoms with van der Waals surface area (Å²) in [7, 11) is 4.06. The van der Waals surface area contributed by atoms with Crippen molar-refractivity contribution < 1.29 is 4.84 Å². The van der Waals surface area contributed by atoms with E-state index < -0.39 is 0 Å². The van der Waals surface area contributed by atoms with Gasteiger partial charge >= 0.3 is 0 Å². The molecule has 0 fully saturated rings. The highest BCUT2D eigenvalue weighted by molar-refractivity contribution is 4.93. The predicted octanol–water partition coefficient (Wildman–Crippen LogP) is 13.3. The van der Waals surface area contributed by atoms with E-state index in [1.807, 2.05) is 19.2 Å². The molecule has 0 aromatic carbocycles. The van der Waals surface area contributed by atoms with Crippen molar-refractivity contribution in [2.24, 2.45) is 0 Å². The van der Waals surface area contributed by atoms with Crippen molar-refractivity contribution >= 4 is 0 Å². The quantitative estimate of drug-likeness (QED) is 0.0452. The molecule has 2 heteroatoms. The lowest BCUT2D eigenvalue weighted by molar-refractivity contribution is -0.169. The molecule has 0 aliphatic carbocycles. The molecule has 0 saturated carbocycles. The van der Waals surface area contributed by atoms with Crippen molar-refractivity contribution in [1.29, 1.82) is 0 Å². The van der Waals surface area contributed by atoms with Crippen LogP contribution in [-0.4, -0.2) is 25.3 Å². The Kier molecular flexibility index (Phi) is 34.1. The Labute approximate surface area is 259 Å². The molecule has 0 aromatic heterocycles. The van der Waals surface area contributed by atoms with Gasteiger partial charge in [0.1, 0.15) is 0 Å². The molecule has 2 nitrogen and oxygen atoms in total. The molecule has 0 atom stereocenters. The first-order chi connectivity index (χ1) is 20.2. The van der Waals surface area contributed by atoms with Gasteiger partial charge < -0.3 is 0 Å². The van der Waals surface area contributed by atoms with E-state index in [0.717, 1.165) is 12.8 Å². The fourth-order valence-electron chi connectivity index (χ4n) is 5.27. The SMILES string of the molecule is CCCCC/C=C\C/C=C\CCCCCCCCC(CCCCCCCC/C=C\C/C=C\CCCCC)ON(C)C. The largest absolute Gasteiger partial charge is 0.296 e. The summed E-state index contributed by atoms with van der Waals surface area (Å²) in [6.07, 6.45) is 53.2. The summed E-state index contributed by atoms with van der Waals surface area (Å²) in [5.74, 6) is 0. The molecule has 240 valence electrons. The number of hydrogen-bond donors (Lipinski definition) is 0. The van der Waals surface area contributed by atoms with Crippen LogP contribution >= 0.6 is 0 Å². The Morgan fingerprint density at radius 3 is 1.07 bits per heavy atom. The third-order valence-electron chi connectivity index (χ3n) is 7.81. The van der Waals surface area contributed by atoms with Gasteiger partial charge in [0.15, 0.2) is 0 Å². The molecular weight excluding hydrogens is 498 g/mol. The van der Waals surface area contributed by atoms with Gasteiger partial charge in [0.25, 0.3) is 0 Å². The zero-order valence-electron chi connectivity index (χ0n) is 28.4. The van der Waals surface area contributed by atoms with E-state index in [4.69, 9.17) is 4.84 Å². The Morgan fingerprint density at radius 1 is 0.415 bits per heavy atom. The topological polar surface area (TPSA) is 12.5 Å². The van der Waals surface area contributed by atoms with Gasteiger partial charge in [-0.05, 0) is 77.0 Å². The molecule has 0 bridgehead atoms. The molecule has 0 rings (SSSR count). The van der Waals surface area contributed by atoms with E-state index in [1.54, 1.807) is 0 Å².